The van der Waals surface area contributed by atoms with Gasteiger partial charge in [0.2, 0.25) is 0 Å². The van der Waals surface area contributed by atoms with E-state index in [9.17, 15) is 27.5 Å². The Kier molecular flexibility index (Phi) is 7.68. The van der Waals surface area contributed by atoms with Gasteiger partial charge in [-0.05, 0) is 54.3 Å². The zero-order valence-corrected chi connectivity index (χ0v) is 20.2. The molecule has 0 fully saturated rings. The third-order valence-electron chi connectivity index (χ3n) is 5.70. The predicted octanol–water partition coefficient (Wildman–Crippen LogP) is 5.81. The number of carbonyl (C=O) groups is 1. The van der Waals surface area contributed by atoms with E-state index < -0.39 is 35.4 Å². The third kappa shape index (κ3) is 5.99. The Balaban J connectivity index is 1.98. The average molecular weight is 506 g/mol. The first-order valence-corrected chi connectivity index (χ1v) is 11.0. The number of hydrogen-bond donors (Lipinski definition) is 1. The number of rotatable bonds is 8. The van der Waals surface area contributed by atoms with Gasteiger partial charge < -0.3 is 14.6 Å². The van der Waals surface area contributed by atoms with Crippen LogP contribution in [0.5, 0.6) is 5.75 Å². The molecule has 0 saturated heterocycles. The SMILES string of the molecule is COc1ccc(F)cc1C(C)(C)CC(O)(/C=N/c1cccc2nc(COC(C)=O)ccc12)C(F)(F)F. The first-order chi connectivity index (χ1) is 16.8. The summed E-state index contributed by atoms with van der Waals surface area (Å²) in [6, 6.07) is 11.4. The highest BCUT2D eigenvalue weighted by Crippen LogP contribution is 2.43. The lowest BCUT2D eigenvalue weighted by molar-refractivity contribution is -0.234. The quantitative estimate of drug-likeness (QED) is 0.237. The van der Waals surface area contributed by atoms with E-state index in [0.29, 0.717) is 22.8 Å². The zero-order valence-electron chi connectivity index (χ0n) is 20.2. The van der Waals surface area contributed by atoms with Gasteiger partial charge in [0.05, 0.1) is 24.0 Å². The van der Waals surface area contributed by atoms with Crippen LogP contribution in [0.3, 0.4) is 0 Å². The van der Waals surface area contributed by atoms with Gasteiger partial charge in [-0.1, -0.05) is 19.9 Å². The number of halogens is 4. The number of esters is 1. The van der Waals surface area contributed by atoms with Gasteiger partial charge in [0, 0.05) is 24.1 Å². The van der Waals surface area contributed by atoms with Crippen LogP contribution >= 0.6 is 0 Å². The van der Waals surface area contributed by atoms with Crippen LogP contribution in [0, 0.1) is 5.82 Å². The first kappa shape index (κ1) is 27.1. The number of alkyl halides is 3. The van der Waals surface area contributed by atoms with Gasteiger partial charge in [-0.15, -0.1) is 0 Å². The van der Waals surface area contributed by atoms with Crippen LogP contribution in [0.1, 0.15) is 38.4 Å². The van der Waals surface area contributed by atoms with E-state index in [1.54, 1.807) is 24.3 Å². The molecule has 6 nitrogen and oxygen atoms in total. The minimum Gasteiger partial charge on any atom is -0.496 e. The number of pyridine rings is 1. The summed E-state index contributed by atoms with van der Waals surface area (Å²) in [7, 11) is 1.33. The summed E-state index contributed by atoms with van der Waals surface area (Å²) in [5, 5.41) is 11.2. The van der Waals surface area contributed by atoms with Crippen LogP contribution in [-0.2, 0) is 21.6 Å². The van der Waals surface area contributed by atoms with Crippen molar-refractivity contribution in [3.8, 4) is 5.75 Å². The molecule has 0 amide bonds. The highest BCUT2D eigenvalue weighted by atomic mass is 19.4. The van der Waals surface area contributed by atoms with E-state index in [2.05, 4.69) is 9.98 Å². The summed E-state index contributed by atoms with van der Waals surface area (Å²) >= 11 is 0. The van der Waals surface area contributed by atoms with Crippen LogP contribution in [0.4, 0.5) is 23.2 Å². The molecule has 2 aromatic carbocycles. The molecule has 1 atom stereocenters. The molecule has 0 bridgehead atoms. The van der Waals surface area contributed by atoms with Crippen LogP contribution in [0.2, 0.25) is 0 Å². The lowest BCUT2D eigenvalue weighted by Gasteiger charge is -2.36. The second-order valence-corrected chi connectivity index (χ2v) is 9.01. The van der Waals surface area contributed by atoms with Gasteiger partial charge in [0.1, 0.15) is 18.2 Å². The molecule has 0 aliphatic rings. The molecular weight excluding hydrogens is 480 g/mol. The number of methoxy groups -OCH3 is 1. The Morgan fingerprint density at radius 2 is 1.86 bits per heavy atom. The molecule has 0 aliphatic heterocycles. The second kappa shape index (κ2) is 10.2. The Hall–Kier alpha value is -3.53. The largest absolute Gasteiger partial charge is 0.496 e. The van der Waals surface area contributed by atoms with Crippen molar-refractivity contribution in [2.24, 2.45) is 4.99 Å². The van der Waals surface area contributed by atoms with Crippen molar-refractivity contribution in [2.75, 3.05) is 7.11 Å². The van der Waals surface area contributed by atoms with E-state index in [0.717, 1.165) is 12.1 Å². The van der Waals surface area contributed by atoms with Gasteiger partial charge in [-0.3, -0.25) is 9.79 Å². The van der Waals surface area contributed by atoms with Crippen molar-refractivity contribution in [2.45, 2.75) is 51.0 Å². The maximum atomic E-state index is 14.1. The van der Waals surface area contributed by atoms with Gasteiger partial charge >= 0.3 is 12.1 Å². The molecule has 3 aromatic rings. The van der Waals surface area contributed by atoms with Gasteiger partial charge in [-0.2, -0.15) is 13.2 Å². The number of nitrogens with zero attached hydrogens (tertiary/aromatic N) is 2. The molecule has 0 aliphatic carbocycles. The fraction of sp³-hybridized carbons (Fsp3) is 0.346. The Morgan fingerprint density at radius 1 is 1.14 bits per heavy atom. The third-order valence-corrected chi connectivity index (χ3v) is 5.70. The Labute approximate surface area is 205 Å². The molecule has 0 radical (unpaired) electrons. The maximum absolute atomic E-state index is 14.1. The van der Waals surface area contributed by atoms with Gasteiger partial charge in [-0.25, -0.2) is 9.37 Å². The number of aliphatic hydroxyl groups is 1. The van der Waals surface area contributed by atoms with Gasteiger partial charge in [0.15, 0.2) is 5.60 Å². The molecule has 1 unspecified atom stereocenters. The number of hydrogen-bond acceptors (Lipinski definition) is 6. The minimum absolute atomic E-state index is 0.0504. The van der Waals surface area contributed by atoms with Crippen molar-refractivity contribution in [3.63, 3.8) is 0 Å². The highest BCUT2D eigenvalue weighted by molar-refractivity contribution is 5.92. The number of aromatic nitrogens is 1. The number of carbonyl (C=O) groups excluding carboxylic acids is 1. The number of benzene rings is 2. The highest BCUT2D eigenvalue weighted by Gasteiger charge is 2.55. The molecule has 1 aromatic heterocycles. The summed E-state index contributed by atoms with van der Waals surface area (Å²) in [4.78, 5) is 19.4. The standard InChI is InChI=1S/C26H26F4N2O4/c1-16(33)36-13-18-9-10-19-21(6-5-7-22(19)32-18)31-15-25(34,26(28,29)30)14-24(2,3)20-12-17(27)8-11-23(20)35-4/h5-12,15,34H,13-14H2,1-4H3/b31-15+. The Morgan fingerprint density at radius 3 is 2.50 bits per heavy atom. The summed E-state index contributed by atoms with van der Waals surface area (Å²) in [5.41, 5.74) is -3.47. The minimum atomic E-state index is -5.08. The molecule has 36 heavy (non-hydrogen) atoms. The number of fused-ring (bicyclic) bond motifs is 1. The van der Waals surface area contributed by atoms with Crippen molar-refractivity contribution in [3.05, 3.63) is 65.6 Å². The molecular formula is C26H26F4N2O4. The van der Waals surface area contributed by atoms with E-state index in [1.165, 1.54) is 40.0 Å². The normalized spacial score (nSPS) is 14.1. The average Bonchev–Trinajstić information content (AvgIpc) is 2.80. The fourth-order valence-electron chi connectivity index (χ4n) is 3.92. The van der Waals surface area contributed by atoms with E-state index in [1.807, 2.05) is 0 Å². The predicted molar refractivity (Wildman–Crippen MR) is 127 cm³/mol. The Bertz CT molecular complexity index is 1290. The topological polar surface area (TPSA) is 81.0 Å². The summed E-state index contributed by atoms with van der Waals surface area (Å²) in [5.74, 6) is -0.910. The molecule has 0 saturated carbocycles. The number of aliphatic imine (C=N–C) groups is 1. The molecule has 3 rings (SSSR count). The van der Waals surface area contributed by atoms with Crippen molar-refractivity contribution < 1.29 is 36.9 Å². The van der Waals surface area contributed by atoms with E-state index in [4.69, 9.17) is 9.47 Å². The molecule has 0 spiro atoms. The van der Waals surface area contributed by atoms with Crippen molar-refractivity contribution in [1.82, 2.24) is 4.98 Å². The van der Waals surface area contributed by atoms with Crippen molar-refractivity contribution in [1.29, 1.82) is 0 Å². The second-order valence-electron chi connectivity index (χ2n) is 9.01. The van der Waals surface area contributed by atoms with Crippen LogP contribution in [0.15, 0.2) is 53.5 Å². The monoisotopic (exact) mass is 506 g/mol. The van der Waals surface area contributed by atoms with Crippen LogP contribution in [0.25, 0.3) is 10.9 Å². The number of ether oxygens (including phenoxy) is 2. The molecule has 1 N–H and O–H groups in total. The zero-order chi connectivity index (χ0) is 26.7. The summed E-state index contributed by atoms with van der Waals surface area (Å²) < 4.78 is 66.4. The van der Waals surface area contributed by atoms with E-state index in [-0.39, 0.29) is 23.6 Å². The smallest absolute Gasteiger partial charge is 0.422 e. The summed E-state index contributed by atoms with van der Waals surface area (Å²) in [6.45, 7) is 4.13. The fourth-order valence-corrected chi connectivity index (χ4v) is 3.92. The van der Waals surface area contributed by atoms with Crippen molar-refractivity contribution >= 4 is 28.8 Å². The van der Waals surface area contributed by atoms with Crippen LogP contribution < -0.4 is 4.74 Å². The summed E-state index contributed by atoms with van der Waals surface area (Å²) in [6.07, 6.45) is -5.46. The molecule has 10 heteroatoms. The molecule has 192 valence electrons. The van der Waals surface area contributed by atoms with E-state index >= 15 is 0 Å². The van der Waals surface area contributed by atoms with Gasteiger partial charge in [0.25, 0.3) is 0 Å². The molecule has 1 heterocycles. The maximum Gasteiger partial charge on any atom is 0.422 e. The lowest BCUT2D eigenvalue weighted by atomic mass is 9.74. The van der Waals surface area contributed by atoms with Crippen LogP contribution in [-0.4, -0.2) is 41.2 Å². The first-order valence-electron chi connectivity index (χ1n) is 11.0. The lowest BCUT2D eigenvalue weighted by Crippen LogP contribution is -2.50.